The highest BCUT2D eigenvalue weighted by molar-refractivity contribution is 5.77. The molecule has 20 heavy (non-hydrogen) atoms. The molecule has 0 fully saturated rings. The van der Waals surface area contributed by atoms with Gasteiger partial charge < -0.3 is 15.4 Å². The second-order valence-corrected chi connectivity index (χ2v) is 4.44. The summed E-state index contributed by atoms with van der Waals surface area (Å²) in [5, 5.41) is 5.86. The summed E-state index contributed by atoms with van der Waals surface area (Å²) < 4.78 is 4.87. The molecular formula is C13H23N5O2. The highest BCUT2D eigenvalue weighted by Gasteiger charge is 2.07. The van der Waals surface area contributed by atoms with Crippen LogP contribution in [0.5, 0.6) is 0 Å². The van der Waals surface area contributed by atoms with E-state index in [1.54, 1.807) is 19.5 Å². The van der Waals surface area contributed by atoms with E-state index in [4.69, 9.17) is 4.74 Å². The van der Waals surface area contributed by atoms with Gasteiger partial charge in [-0.1, -0.05) is 0 Å². The van der Waals surface area contributed by atoms with Crippen LogP contribution in [0.1, 0.15) is 12.6 Å². The molecule has 1 rings (SSSR count). The van der Waals surface area contributed by atoms with Gasteiger partial charge in [-0.3, -0.25) is 14.7 Å². The molecule has 0 aromatic carbocycles. The fraction of sp³-hybridized carbons (Fsp3) is 0.615. The maximum absolute atomic E-state index is 11.6. The first-order valence-corrected chi connectivity index (χ1v) is 6.64. The van der Waals surface area contributed by atoms with Crippen LogP contribution in [0.15, 0.2) is 12.4 Å². The number of hydrogen-bond acceptors (Lipinski definition) is 6. The molecule has 0 saturated carbocycles. The van der Waals surface area contributed by atoms with E-state index < -0.39 is 0 Å². The normalized spacial score (nSPS) is 10.6. The van der Waals surface area contributed by atoms with Gasteiger partial charge in [0, 0.05) is 26.7 Å². The van der Waals surface area contributed by atoms with Crippen LogP contribution < -0.4 is 10.6 Å². The molecule has 0 unspecified atom stereocenters. The summed E-state index contributed by atoms with van der Waals surface area (Å²) in [4.78, 5) is 22.0. The fourth-order valence-electron chi connectivity index (χ4n) is 1.63. The van der Waals surface area contributed by atoms with Crippen LogP contribution in [-0.2, 0) is 16.1 Å². The van der Waals surface area contributed by atoms with Crippen molar-refractivity contribution in [3.05, 3.63) is 18.1 Å². The topological polar surface area (TPSA) is 79.4 Å². The molecule has 2 N–H and O–H groups in total. The fourth-order valence-corrected chi connectivity index (χ4v) is 1.63. The van der Waals surface area contributed by atoms with E-state index in [2.05, 4.69) is 20.6 Å². The quantitative estimate of drug-likeness (QED) is 0.625. The zero-order valence-electron chi connectivity index (χ0n) is 12.3. The maximum atomic E-state index is 11.6. The zero-order chi connectivity index (χ0) is 14.8. The molecule has 112 valence electrons. The van der Waals surface area contributed by atoms with Crippen LogP contribution in [0.25, 0.3) is 0 Å². The first-order valence-electron chi connectivity index (χ1n) is 6.64. The molecule has 0 saturated heterocycles. The lowest BCUT2D eigenvalue weighted by atomic mass is 10.4. The van der Waals surface area contributed by atoms with Crippen molar-refractivity contribution < 1.29 is 9.53 Å². The second-order valence-electron chi connectivity index (χ2n) is 4.44. The van der Waals surface area contributed by atoms with Crippen LogP contribution in [-0.4, -0.2) is 61.2 Å². The Hall–Kier alpha value is -1.73. The molecule has 7 heteroatoms. The molecule has 0 aliphatic rings. The predicted octanol–water partition coefficient (Wildman–Crippen LogP) is 0.103. The van der Waals surface area contributed by atoms with Crippen LogP contribution in [0, 0.1) is 0 Å². The van der Waals surface area contributed by atoms with E-state index >= 15 is 0 Å². The first-order chi connectivity index (χ1) is 9.65. The molecule has 0 radical (unpaired) electrons. The Labute approximate surface area is 119 Å². The molecule has 1 aromatic rings. The lowest BCUT2D eigenvalue weighted by Gasteiger charge is -2.15. The van der Waals surface area contributed by atoms with E-state index in [-0.39, 0.29) is 5.91 Å². The summed E-state index contributed by atoms with van der Waals surface area (Å²) in [5.74, 6) is 0.734. The standard InChI is InChI=1S/C13H23N5O2/c1-4-14-12-8-16-11(7-17-12)9-18(2)10-13(19)15-5-6-20-3/h7-8H,4-6,9-10H2,1-3H3,(H,14,17)(H,15,19). The third-order valence-corrected chi connectivity index (χ3v) is 2.54. The number of anilines is 1. The van der Waals surface area contributed by atoms with Crippen LogP contribution >= 0.6 is 0 Å². The van der Waals surface area contributed by atoms with Crippen molar-refractivity contribution >= 4 is 11.7 Å². The van der Waals surface area contributed by atoms with Crippen molar-refractivity contribution in [2.75, 3.05) is 45.7 Å². The average molecular weight is 281 g/mol. The minimum absolute atomic E-state index is 0.0261. The second kappa shape index (κ2) is 9.22. The number of likely N-dealkylation sites (N-methyl/N-ethyl adjacent to an activating group) is 1. The molecule has 7 nitrogen and oxygen atoms in total. The Morgan fingerprint density at radius 1 is 1.40 bits per heavy atom. The van der Waals surface area contributed by atoms with Gasteiger partial charge in [-0.2, -0.15) is 0 Å². The monoisotopic (exact) mass is 281 g/mol. The first kappa shape index (κ1) is 16.3. The van der Waals surface area contributed by atoms with Crippen LogP contribution in [0.4, 0.5) is 5.82 Å². The van der Waals surface area contributed by atoms with E-state index in [1.807, 2.05) is 18.9 Å². The van der Waals surface area contributed by atoms with Gasteiger partial charge >= 0.3 is 0 Å². The minimum atomic E-state index is -0.0261. The number of nitrogens with one attached hydrogen (secondary N) is 2. The molecule has 0 spiro atoms. The largest absolute Gasteiger partial charge is 0.383 e. The van der Waals surface area contributed by atoms with E-state index in [0.29, 0.717) is 26.2 Å². The SMILES string of the molecule is CCNc1cnc(CN(C)CC(=O)NCCOC)cn1. The average Bonchev–Trinajstić information content (AvgIpc) is 2.41. The van der Waals surface area contributed by atoms with Gasteiger partial charge in [0.15, 0.2) is 0 Å². The lowest BCUT2D eigenvalue weighted by Crippen LogP contribution is -2.36. The van der Waals surface area contributed by atoms with E-state index in [1.165, 1.54) is 0 Å². The summed E-state index contributed by atoms with van der Waals surface area (Å²) in [6, 6.07) is 0. The van der Waals surface area contributed by atoms with Gasteiger partial charge in [0.2, 0.25) is 5.91 Å². The number of carbonyl (C=O) groups excluding carboxylic acids is 1. The Morgan fingerprint density at radius 3 is 2.80 bits per heavy atom. The van der Waals surface area contributed by atoms with Crippen molar-refractivity contribution in [2.45, 2.75) is 13.5 Å². The molecule has 1 heterocycles. The smallest absolute Gasteiger partial charge is 0.234 e. The van der Waals surface area contributed by atoms with Crippen molar-refractivity contribution in [3.8, 4) is 0 Å². The predicted molar refractivity (Wildman–Crippen MR) is 77.4 cm³/mol. The minimum Gasteiger partial charge on any atom is -0.383 e. The van der Waals surface area contributed by atoms with Crippen molar-refractivity contribution in [1.29, 1.82) is 0 Å². The lowest BCUT2D eigenvalue weighted by molar-refractivity contribution is -0.122. The molecule has 0 bridgehead atoms. The summed E-state index contributed by atoms with van der Waals surface area (Å²) in [6.07, 6.45) is 3.42. The summed E-state index contributed by atoms with van der Waals surface area (Å²) >= 11 is 0. The van der Waals surface area contributed by atoms with Gasteiger partial charge in [-0.05, 0) is 14.0 Å². The number of rotatable bonds is 9. The molecule has 0 aliphatic heterocycles. The summed E-state index contributed by atoms with van der Waals surface area (Å²) in [7, 11) is 3.48. The van der Waals surface area contributed by atoms with Crippen molar-refractivity contribution in [1.82, 2.24) is 20.2 Å². The Balaban J connectivity index is 2.33. The van der Waals surface area contributed by atoms with Crippen LogP contribution in [0.2, 0.25) is 0 Å². The maximum Gasteiger partial charge on any atom is 0.234 e. The summed E-state index contributed by atoms with van der Waals surface area (Å²) in [5.41, 5.74) is 0.832. The molecule has 1 amide bonds. The van der Waals surface area contributed by atoms with Crippen molar-refractivity contribution in [3.63, 3.8) is 0 Å². The van der Waals surface area contributed by atoms with Gasteiger partial charge in [-0.25, -0.2) is 4.98 Å². The number of carbonyl (C=O) groups is 1. The van der Waals surface area contributed by atoms with Gasteiger partial charge in [0.05, 0.1) is 31.2 Å². The van der Waals surface area contributed by atoms with Crippen LogP contribution in [0.3, 0.4) is 0 Å². The number of amides is 1. The Kier molecular flexibility index (Phi) is 7.52. The zero-order valence-corrected chi connectivity index (χ0v) is 12.3. The van der Waals surface area contributed by atoms with E-state index in [0.717, 1.165) is 18.1 Å². The van der Waals surface area contributed by atoms with E-state index in [9.17, 15) is 4.79 Å². The number of aromatic nitrogens is 2. The van der Waals surface area contributed by atoms with Crippen molar-refractivity contribution in [2.24, 2.45) is 0 Å². The highest BCUT2D eigenvalue weighted by atomic mass is 16.5. The number of methoxy groups -OCH3 is 1. The third-order valence-electron chi connectivity index (χ3n) is 2.54. The molecule has 0 atom stereocenters. The summed E-state index contributed by atoms with van der Waals surface area (Å²) in [6.45, 7) is 4.77. The Morgan fingerprint density at radius 2 is 2.20 bits per heavy atom. The molecule has 0 aliphatic carbocycles. The molecule has 1 aromatic heterocycles. The number of ether oxygens (including phenoxy) is 1. The highest BCUT2D eigenvalue weighted by Crippen LogP contribution is 2.02. The van der Waals surface area contributed by atoms with Gasteiger partial charge in [0.1, 0.15) is 5.82 Å². The number of nitrogens with zero attached hydrogens (tertiary/aromatic N) is 3. The molecular weight excluding hydrogens is 258 g/mol. The Bertz CT molecular complexity index is 396. The van der Waals surface area contributed by atoms with Gasteiger partial charge in [0.25, 0.3) is 0 Å². The van der Waals surface area contributed by atoms with Gasteiger partial charge in [-0.15, -0.1) is 0 Å². The third kappa shape index (κ3) is 6.44. The number of hydrogen-bond donors (Lipinski definition) is 2.